The van der Waals surface area contributed by atoms with Crippen LogP contribution in [0.4, 0.5) is 0 Å². The maximum Gasteiger partial charge on any atom is 0.303 e. The van der Waals surface area contributed by atoms with Crippen molar-refractivity contribution in [1.82, 2.24) is 10.1 Å². The summed E-state index contributed by atoms with van der Waals surface area (Å²) < 4.78 is 5.43. The summed E-state index contributed by atoms with van der Waals surface area (Å²) in [5.74, 6) is 1.20. The number of aromatic nitrogens is 2. The third kappa shape index (κ3) is 3.44. The lowest BCUT2D eigenvalue weighted by atomic mass is 9.79. The molecule has 1 aromatic rings. The van der Waals surface area contributed by atoms with Gasteiger partial charge in [-0.05, 0) is 31.1 Å². The molecule has 0 bridgehead atoms. The van der Waals surface area contributed by atoms with Crippen molar-refractivity contribution in [1.29, 1.82) is 0 Å². The molecule has 21 heavy (non-hydrogen) atoms. The van der Waals surface area contributed by atoms with Gasteiger partial charge in [-0.3, -0.25) is 4.79 Å². The van der Waals surface area contributed by atoms with E-state index in [4.69, 9.17) is 9.63 Å². The highest BCUT2D eigenvalue weighted by Gasteiger charge is 2.38. The summed E-state index contributed by atoms with van der Waals surface area (Å²) in [5, 5.41) is 13.3. The Morgan fingerprint density at radius 1 is 1.19 bits per heavy atom. The highest BCUT2D eigenvalue weighted by Crippen LogP contribution is 2.43. The van der Waals surface area contributed by atoms with Gasteiger partial charge in [-0.25, -0.2) is 0 Å². The van der Waals surface area contributed by atoms with E-state index in [0.717, 1.165) is 44.3 Å². The number of hydrogen-bond acceptors (Lipinski definition) is 4. The van der Waals surface area contributed by atoms with Crippen molar-refractivity contribution in [2.75, 3.05) is 0 Å². The van der Waals surface area contributed by atoms with Gasteiger partial charge in [-0.2, -0.15) is 4.98 Å². The van der Waals surface area contributed by atoms with Crippen LogP contribution in [0.1, 0.15) is 81.8 Å². The Bertz CT molecular complexity index is 485. The molecule has 5 nitrogen and oxygen atoms in total. The molecule has 1 aromatic heterocycles. The van der Waals surface area contributed by atoms with Crippen molar-refractivity contribution in [3.05, 3.63) is 11.7 Å². The highest BCUT2D eigenvalue weighted by molar-refractivity contribution is 5.67. The molecule has 0 aromatic carbocycles. The van der Waals surface area contributed by atoms with Gasteiger partial charge in [0.15, 0.2) is 5.82 Å². The summed E-state index contributed by atoms with van der Waals surface area (Å²) in [4.78, 5) is 15.7. The molecule has 0 amide bonds. The summed E-state index contributed by atoms with van der Waals surface area (Å²) in [6.45, 7) is 0. The fraction of sp³-hybridized carbons (Fsp3) is 0.812. The molecule has 3 rings (SSSR count). The van der Waals surface area contributed by atoms with Crippen LogP contribution >= 0.6 is 0 Å². The van der Waals surface area contributed by atoms with Crippen LogP contribution in [0.2, 0.25) is 0 Å². The van der Waals surface area contributed by atoms with Crippen molar-refractivity contribution in [3.63, 3.8) is 0 Å². The monoisotopic (exact) mass is 292 g/mol. The topological polar surface area (TPSA) is 76.2 Å². The van der Waals surface area contributed by atoms with Gasteiger partial charge in [0.25, 0.3) is 0 Å². The molecule has 5 heteroatoms. The molecule has 2 fully saturated rings. The second-order valence-electron chi connectivity index (χ2n) is 6.84. The number of carboxylic acids is 1. The van der Waals surface area contributed by atoms with Crippen LogP contribution in [-0.2, 0) is 11.2 Å². The van der Waals surface area contributed by atoms with Gasteiger partial charge in [0.05, 0.1) is 6.42 Å². The molecular weight excluding hydrogens is 268 g/mol. The molecule has 0 radical (unpaired) electrons. The van der Waals surface area contributed by atoms with Crippen LogP contribution < -0.4 is 0 Å². The summed E-state index contributed by atoms with van der Waals surface area (Å²) in [6, 6.07) is 0. The Balaban J connectivity index is 1.68. The average Bonchev–Trinajstić information content (AvgIpc) is 3.09. The van der Waals surface area contributed by atoms with Crippen molar-refractivity contribution >= 4 is 5.97 Å². The minimum Gasteiger partial charge on any atom is -0.481 e. The zero-order chi connectivity index (χ0) is 14.7. The van der Waals surface area contributed by atoms with E-state index in [2.05, 4.69) is 10.1 Å². The Labute approximate surface area is 125 Å². The summed E-state index contributed by atoms with van der Waals surface area (Å²) >= 11 is 0. The predicted octanol–water partition coefficient (Wildman–Crippen LogP) is 3.69. The second kappa shape index (κ2) is 6.16. The Morgan fingerprint density at radius 3 is 2.57 bits per heavy atom. The maximum absolute atomic E-state index is 11.1. The van der Waals surface area contributed by atoms with Crippen LogP contribution in [0.5, 0.6) is 0 Å². The van der Waals surface area contributed by atoms with Gasteiger partial charge in [0.1, 0.15) is 0 Å². The second-order valence-corrected chi connectivity index (χ2v) is 6.84. The van der Waals surface area contributed by atoms with Gasteiger partial charge < -0.3 is 9.63 Å². The first-order chi connectivity index (χ1) is 10.2. The zero-order valence-electron chi connectivity index (χ0n) is 12.5. The van der Waals surface area contributed by atoms with E-state index in [9.17, 15) is 4.79 Å². The van der Waals surface area contributed by atoms with Gasteiger partial charge >= 0.3 is 5.97 Å². The van der Waals surface area contributed by atoms with Crippen molar-refractivity contribution in [3.8, 4) is 0 Å². The van der Waals surface area contributed by atoms with E-state index in [1.54, 1.807) is 0 Å². The summed E-state index contributed by atoms with van der Waals surface area (Å²) in [5.41, 5.74) is -0.164. The molecule has 2 aliphatic rings. The molecule has 0 saturated heterocycles. The highest BCUT2D eigenvalue weighted by atomic mass is 16.5. The smallest absolute Gasteiger partial charge is 0.303 e. The third-order valence-corrected chi connectivity index (χ3v) is 5.17. The quantitative estimate of drug-likeness (QED) is 0.895. The summed E-state index contributed by atoms with van der Waals surface area (Å²) in [6.07, 6.45) is 11.1. The number of rotatable bonds is 5. The lowest BCUT2D eigenvalue weighted by molar-refractivity contribution is -0.139. The minimum absolute atomic E-state index is 0.164. The zero-order valence-corrected chi connectivity index (χ0v) is 12.5. The van der Waals surface area contributed by atoms with E-state index in [1.165, 1.54) is 19.3 Å². The minimum atomic E-state index is -0.719. The number of aliphatic carboxylic acids is 1. The standard InChI is InChI=1S/C16H24N2O3/c19-14(20)11-16(8-4-5-9-16)10-13-17-15(18-21-13)12-6-2-1-3-7-12/h12H,1-11H2,(H,19,20). The number of hydrogen-bond donors (Lipinski definition) is 1. The molecule has 2 aliphatic carbocycles. The van der Waals surface area contributed by atoms with Crippen LogP contribution in [0.25, 0.3) is 0 Å². The number of nitrogens with zero attached hydrogens (tertiary/aromatic N) is 2. The van der Waals surface area contributed by atoms with Crippen molar-refractivity contribution in [2.24, 2.45) is 5.41 Å². The normalized spacial score (nSPS) is 22.5. The fourth-order valence-electron chi connectivity index (χ4n) is 4.05. The molecule has 1 N–H and O–H groups in total. The van der Waals surface area contributed by atoms with Crippen LogP contribution in [0.3, 0.4) is 0 Å². The van der Waals surface area contributed by atoms with E-state index < -0.39 is 5.97 Å². The predicted molar refractivity (Wildman–Crippen MR) is 77.0 cm³/mol. The molecule has 0 aliphatic heterocycles. The molecule has 2 saturated carbocycles. The fourth-order valence-corrected chi connectivity index (χ4v) is 4.05. The molecule has 0 atom stereocenters. The largest absolute Gasteiger partial charge is 0.481 e. The third-order valence-electron chi connectivity index (χ3n) is 5.17. The number of carboxylic acid groups (broad SMARTS) is 1. The van der Waals surface area contributed by atoms with Crippen molar-refractivity contribution in [2.45, 2.75) is 76.5 Å². The van der Waals surface area contributed by atoms with Gasteiger partial charge in [-0.15, -0.1) is 0 Å². The molecule has 116 valence electrons. The molecular formula is C16H24N2O3. The van der Waals surface area contributed by atoms with Gasteiger partial charge in [0.2, 0.25) is 5.89 Å². The number of carbonyl (C=O) groups is 1. The molecule has 0 spiro atoms. The Morgan fingerprint density at radius 2 is 1.90 bits per heavy atom. The first kappa shape index (κ1) is 14.5. The Kier molecular flexibility index (Phi) is 4.27. The Hall–Kier alpha value is -1.39. The lowest BCUT2D eigenvalue weighted by Crippen LogP contribution is -2.24. The van der Waals surface area contributed by atoms with E-state index in [-0.39, 0.29) is 11.8 Å². The van der Waals surface area contributed by atoms with Gasteiger partial charge in [-0.1, -0.05) is 37.3 Å². The van der Waals surface area contributed by atoms with Crippen molar-refractivity contribution < 1.29 is 14.4 Å². The first-order valence-corrected chi connectivity index (χ1v) is 8.21. The first-order valence-electron chi connectivity index (χ1n) is 8.21. The van der Waals surface area contributed by atoms with E-state index >= 15 is 0 Å². The molecule has 0 unspecified atom stereocenters. The van der Waals surface area contributed by atoms with Crippen LogP contribution in [-0.4, -0.2) is 21.2 Å². The lowest BCUT2D eigenvalue weighted by Gasteiger charge is -2.24. The SMILES string of the molecule is O=C(O)CC1(Cc2nc(C3CCCCC3)no2)CCCC1. The maximum atomic E-state index is 11.1. The van der Waals surface area contributed by atoms with Gasteiger partial charge in [0, 0.05) is 12.3 Å². The van der Waals surface area contributed by atoms with Crippen LogP contribution in [0, 0.1) is 5.41 Å². The average molecular weight is 292 g/mol. The van der Waals surface area contributed by atoms with E-state index in [1.807, 2.05) is 0 Å². The van der Waals surface area contributed by atoms with Crippen LogP contribution in [0.15, 0.2) is 4.52 Å². The molecule has 1 heterocycles. The van der Waals surface area contributed by atoms with E-state index in [0.29, 0.717) is 18.2 Å². The summed E-state index contributed by atoms with van der Waals surface area (Å²) in [7, 11) is 0.